The van der Waals surface area contributed by atoms with Gasteiger partial charge in [0.05, 0.1) is 83.5 Å². The number of Topliss-reactive ketones (excluding diaryl/α,β-unsaturated/α-hetero) is 1. The van der Waals surface area contributed by atoms with Crippen molar-refractivity contribution in [3.63, 3.8) is 0 Å². The highest BCUT2D eigenvalue weighted by Crippen LogP contribution is 2.40. The topological polar surface area (TPSA) is 837 Å². The summed E-state index contributed by atoms with van der Waals surface area (Å²) in [6.07, 6.45) is -97.7. The molecule has 21 rings (SSSR count). The van der Waals surface area contributed by atoms with Crippen LogP contribution in [0.1, 0.15) is 96.8 Å². The van der Waals surface area contributed by atoms with Crippen LogP contribution in [-0.2, 0) is 167 Å². The number of hydrogen-bond acceptors (Lipinski definition) is 49. The first kappa shape index (κ1) is 103. The van der Waals surface area contributed by atoms with E-state index in [4.69, 9.17) is 99.5 Å². The van der Waals surface area contributed by atoms with Crippen molar-refractivity contribution < 1.29 is 269 Å². The van der Waals surface area contributed by atoms with Crippen LogP contribution in [0.25, 0.3) is 0 Å². The highest BCUT2D eigenvalue weighted by atomic mass is 16.8. The molecule has 714 valence electrons. The molecule has 35 unspecified atom stereocenters. The highest BCUT2D eigenvalue weighted by Gasteiger charge is 2.61. The van der Waals surface area contributed by atoms with Crippen LogP contribution in [0.3, 0.4) is 0 Å². The Morgan fingerprint density at radius 1 is 0.183 bits per heavy atom. The number of ether oxygens (including phenoxy) is 21. The van der Waals surface area contributed by atoms with Crippen molar-refractivity contribution in [1.29, 1.82) is 0 Å². The summed E-state index contributed by atoms with van der Waals surface area (Å²) in [5, 5.41) is 226. The minimum absolute atomic E-state index is 0.444. The predicted molar refractivity (Wildman–Crippen MR) is 377 cm³/mol. The molecule has 0 radical (unpaired) electrons. The molecule has 0 aromatic carbocycles. The summed E-state index contributed by atoms with van der Waals surface area (Å²) in [6, 6.07) is 0. The lowest BCUT2D eigenvalue weighted by Crippen LogP contribution is -2.68. The van der Waals surface area contributed by atoms with Crippen LogP contribution in [-0.4, -0.2) is 447 Å². The van der Waals surface area contributed by atoms with Gasteiger partial charge < -0.3 is 206 Å². The maximum absolute atomic E-state index is 13.2. The lowest BCUT2D eigenvalue weighted by Gasteiger charge is -2.50. The monoisotopic (exact) mass is 1830 g/mol. The molecular formula is C71H100O55. The third-order valence-electron chi connectivity index (χ3n) is 20.3. The van der Waals surface area contributed by atoms with Gasteiger partial charge in [-0.3, -0.25) is 62.3 Å². The summed E-state index contributed by atoms with van der Waals surface area (Å²) in [4.78, 5) is 173. The van der Waals surface area contributed by atoms with Crippen molar-refractivity contribution in [2.75, 3.05) is 46.2 Å². The first-order valence-electron chi connectivity index (χ1n) is 39.0. The fraction of sp³-hybridized carbons (Fsp3) is 0.803. The zero-order valence-corrected chi connectivity index (χ0v) is 66.3. The largest absolute Gasteiger partial charge is 0.481 e. The number of aliphatic hydroxyl groups is 14. The van der Waals surface area contributed by atoms with E-state index in [1.165, 1.54) is 0 Å². The Bertz CT molecular complexity index is 3050. The van der Waals surface area contributed by atoms with Gasteiger partial charge in [-0.05, 0) is 6.92 Å². The smallest absolute Gasteiger partial charge is 0.306 e. The van der Waals surface area contributed by atoms with E-state index in [1.807, 2.05) is 0 Å². The molecule has 35 atom stereocenters. The SMILES string of the molecule is CC(=O)CCC(=O)OCC1OC2OC3C(COC(=O)CCC(=O)O)OC(OC4C(COC(=O)CCC(=O)O)OC(OC5C(COC(=O)CCC(=O)O)OC(OC6C(COC(=O)CCC(=O)O)OC(OC7C(COC(=O)CCC(=O)O)OC(OC8C(COC(=O)CCC(=O)O)OC(OC1C(O)C2O)C(O)C8O)C(O)C7O)C(O)C6O)C(O)C5O)C(O)C4O)C(O)C3O. The Morgan fingerprint density at radius 2 is 0.302 bits per heavy atom. The zero-order chi connectivity index (χ0) is 93.0. The van der Waals surface area contributed by atoms with Crippen LogP contribution in [0, 0.1) is 0 Å². The van der Waals surface area contributed by atoms with E-state index < -0.39 is 434 Å². The van der Waals surface area contributed by atoms with Crippen LogP contribution in [0.4, 0.5) is 0 Å². The van der Waals surface area contributed by atoms with Gasteiger partial charge >= 0.3 is 77.6 Å². The summed E-state index contributed by atoms with van der Waals surface area (Å²) >= 11 is 0. The number of aliphatic carboxylic acids is 6. The molecule has 14 bridgehead atoms. The third-order valence-corrected chi connectivity index (χ3v) is 20.3. The van der Waals surface area contributed by atoms with Crippen molar-refractivity contribution >= 4 is 83.4 Å². The van der Waals surface area contributed by atoms with Gasteiger partial charge in [-0.1, -0.05) is 0 Å². The third kappa shape index (κ3) is 28.8. The highest BCUT2D eigenvalue weighted by molar-refractivity contribution is 5.81. The van der Waals surface area contributed by atoms with E-state index in [2.05, 4.69) is 0 Å². The molecule has 0 saturated carbocycles. The number of esters is 7. The van der Waals surface area contributed by atoms with Gasteiger partial charge in [0.15, 0.2) is 44.0 Å². The Hall–Kier alpha value is -8.34. The second kappa shape index (κ2) is 47.8. The average molecular weight is 1830 g/mol. The Balaban J connectivity index is 1.26. The minimum atomic E-state index is -2.65. The maximum atomic E-state index is 13.2. The minimum Gasteiger partial charge on any atom is -0.481 e. The van der Waals surface area contributed by atoms with Crippen molar-refractivity contribution in [2.45, 2.75) is 312 Å². The molecule has 0 spiro atoms. The molecule has 21 heterocycles. The quantitative estimate of drug-likeness (QED) is 0.0207. The molecular weight excluding hydrogens is 1730 g/mol. The summed E-state index contributed by atoms with van der Waals surface area (Å²) < 4.78 is 121. The van der Waals surface area contributed by atoms with Crippen molar-refractivity contribution in [3.8, 4) is 0 Å². The zero-order valence-electron chi connectivity index (χ0n) is 66.3. The van der Waals surface area contributed by atoms with Gasteiger partial charge in [0.2, 0.25) is 0 Å². The second-order valence-electron chi connectivity index (χ2n) is 29.7. The van der Waals surface area contributed by atoms with Crippen molar-refractivity contribution in [1.82, 2.24) is 0 Å². The van der Waals surface area contributed by atoms with E-state index in [1.54, 1.807) is 0 Å². The van der Waals surface area contributed by atoms with Crippen LogP contribution in [0.5, 0.6) is 0 Å². The number of carbonyl (C=O) groups is 14. The standard InChI is InChI=1S/C71H100O55/c1-23(72)2-9-37(85)106-16-24-58-44(92)51(99)65(113-24)121-59-25(17-107-38(86)10-3-31(73)74)115-67(53(101)46(59)94)123-61-27(19-109-40(88)12-5-33(77)78)117-69(55(103)48(61)96)125-63-29(21-111-42(90)14-7-35(81)82)119-71(57(105)50(63)98)126-64-30(22-112-43(91)15-8-36(83)84)118-70(56(104)49(64)97)124-62-28(20-110-41(89)13-6-34(79)80)116-68(54(102)47(62)95)122-60-26(18-108-39(87)11-4-32(75)76)114-66(120-58)52(100)45(60)93/h24-30,44-71,92-105H,2-22H2,1H3,(H,73,74)(H,75,76)(H,77,78)(H,79,80)(H,81,82)(H,83,84). The molecule has 55 heteroatoms. The van der Waals surface area contributed by atoms with Gasteiger partial charge in [-0.15, -0.1) is 0 Å². The van der Waals surface area contributed by atoms with E-state index in [0.717, 1.165) is 6.92 Å². The van der Waals surface area contributed by atoms with Crippen LogP contribution in [0.15, 0.2) is 0 Å². The Morgan fingerprint density at radius 3 is 0.413 bits per heavy atom. The lowest BCUT2D eigenvalue weighted by atomic mass is 9.95. The van der Waals surface area contributed by atoms with Gasteiger partial charge in [0.25, 0.3) is 0 Å². The van der Waals surface area contributed by atoms with E-state index in [9.17, 15) is 169 Å². The number of aliphatic hydroxyl groups excluding tert-OH is 14. The lowest BCUT2D eigenvalue weighted by molar-refractivity contribution is -0.396. The Kier molecular flexibility index (Phi) is 39.1. The number of carboxylic acids is 6. The fourth-order valence-corrected chi connectivity index (χ4v) is 13.6. The van der Waals surface area contributed by atoms with E-state index in [0.29, 0.717) is 0 Å². The van der Waals surface area contributed by atoms with Gasteiger partial charge in [0.1, 0.15) is 223 Å². The van der Waals surface area contributed by atoms with Gasteiger partial charge in [-0.2, -0.15) is 0 Å². The van der Waals surface area contributed by atoms with Crippen LogP contribution in [0.2, 0.25) is 0 Å². The fourth-order valence-electron chi connectivity index (χ4n) is 13.6. The number of carboxylic acid groups (broad SMARTS) is 6. The van der Waals surface area contributed by atoms with E-state index in [-0.39, 0.29) is 0 Å². The normalized spacial score (nSPS) is 37.8. The molecule has 21 aliphatic rings. The molecule has 21 fully saturated rings. The number of hydrogen-bond donors (Lipinski definition) is 20. The predicted octanol–water partition coefficient (Wildman–Crippen LogP) is -11.8. The number of ketones is 1. The number of rotatable bonds is 35. The molecule has 0 aromatic heterocycles. The van der Waals surface area contributed by atoms with E-state index >= 15 is 0 Å². The van der Waals surface area contributed by atoms with Crippen molar-refractivity contribution in [2.24, 2.45) is 0 Å². The van der Waals surface area contributed by atoms with Crippen molar-refractivity contribution in [3.05, 3.63) is 0 Å². The second-order valence-corrected chi connectivity index (χ2v) is 29.7. The molecule has 55 nitrogen and oxygen atoms in total. The summed E-state index contributed by atoms with van der Waals surface area (Å²) in [6.45, 7) is -7.51. The average Bonchev–Trinajstić information content (AvgIpc) is 0.772. The first-order chi connectivity index (χ1) is 59.4. The summed E-state index contributed by atoms with van der Waals surface area (Å²) in [5.74, 6) is -18.9. The van der Waals surface area contributed by atoms with Gasteiger partial charge in [0, 0.05) is 6.42 Å². The molecule has 0 amide bonds. The van der Waals surface area contributed by atoms with Crippen LogP contribution >= 0.6 is 0 Å². The summed E-state index contributed by atoms with van der Waals surface area (Å²) in [5.41, 5.74) is 0. The first-order valence-corrected chi connectivity index (χ1v) is 39.0. The molecule has 0 aliphatic carbocycles. The Labute approximate surface area is 708 Å². The van der Waals surface area contributed by atoms with Crippen LogP contribution < -0.4 is 0 Å². The van der Waals surface area contributed by atoms with Gasteiger partial charge in [-0.25, -0.2) is 0 Å². The summed E-state index contributed by atoms with van der Waals surface area (Å²) in [7, 11) is 0. The maximum Gasteiger partial charge on any atom is 0.306 e. The molecule has 20 N–H and O–H groups in total. The number of carbonyl (C=O) groups excluding carboxylic acids is 8. The molecule has 21 aliphatic heterocycles. The molecule has 0 aromatic rings. The molecule has 21 saturated heterocycles. The molecule has 126 heavy (non-hydrogen) atoms.